The van der Waals surface area contributed by atoms with E-state index in [1.54, 1.807) is 11.3 Å². The van der Waals surface area contributed by atoms with Crippen LogP contribution >= 0.6 is 11.3 Å². The Labute approximate surface area is 120 Å². The Balaban J connectivity index is 1.51. The molecular weight excluding hydrogens is 280 g/mol. The number of hydrogen-bond donors (Lipinski definition) is 1. The third kappa shape index (κ3) is 3.53. The number of aromatic nitrogens is 3. The number of hydrogen-bond acceptors (Lipinski definition) is 8. The maximum atomic E-state index is 5.52. The molecule has 1 aliphatic rings. The summed E-state index contributed by atoms with van der Waals surface area (Å²) in [5, 5.41) is 14.1. The van der Waals surface area contributed by atoms with Crippen LogP contribution in [0.2, 0.25) is 0 Å². The maximum absolute atomic E-state index is 5.52. The standard InChI is InChI=1S/C12H16N4O3S/c1-8-14-9(7-20-8)4-11-15-16-12(19-11)18-6-10-5-13-2-3-17-10/h7,10,13H,2-6H2,1H3/t10-/m0/s1. The summed E-state index contributed by atoms with van der Waals surface area (Å²) in [5.74, 6) is 0.507. The fourth-order valence-corrected chi connectivity index (χ4v) is 2.52. The van der Waals surface area contributed by atoms with E-state index in [0.29, 0.717) is 25.5 Å². The number of rotatable bonds is 5. The Kier molecular flexibility index (Phi) is 4.24. The highest BCUT2D eigenvalue weighted by Crippen LogP contribution is 2.15. The summed E-state index contributed by atoms with van der Waals surface area (Å²) in [6.07, 6.45) is 0.740. The second-order valence-electron chi connectivity index (χ2n) is 4.50. The topological polar surface area (TPSA) is 82.3 Å². The van der Waals surface area contributed by atoms with Gasteiger partial charge in [-0.3, -0.25) is 0 Å². The SMILES string of the molecule is Cc1nc(Cc2nnc(OC[C@@H]3CNCCO3)o2)cs1. The molecule has 0 radical (unpaired) electrons. The normalized spacial score (nSPS) is 19.1. The lowest BCUT2D eigenvalue weighted by molar-refractivity contribution is -0.00620. The van der Waals surface area contributed by atoms with Gasteiger partial charge >= 0.3 is 6.08 Å². The minimum atomic E-state index is 0.0280. The lowest BCUT2D eigenvalue weighted by Crippen LogP contribution is -2.41. The molecule has 1 aliphatic heterocycles. The van der Waals surface area contributed by atoms with Gasteiger partial charge in [0.1, 0.15) is 12.7 Å². The van der Waals surface area contributed by atoms with Gasteiger partial charge in [0, 0.05) is 18.5 Å². The predicted molar refractivity (Wildman–Crippen MR) is 72.1 cm³/mol. The van der Waals surface area contributed by atoms with Gasteiger partial charge < -0.3 is 19.2 Å². The molecule has 3 heterocycles. The summed E-state index contributed by atoms with van der Waals surface area (Å²) >= 11 is 1.60. The third-order valence-electron chi connectivity index (χ3n) is 2.84. The molecule has 0 amide bonds. The molecule has 108 valence electrons. The second-order valence-corrected chi connectivity index (χ2v) is 5.57. The second kappa shape index (κ2) is 6.29. The monoisotopic (exact) mass is 296 g/mol. The molecule has 0 saturated carbocycles. The van der Waals surface area contributed by atoms with E-state index in [1.807, 2.05) is 12.3 Å². The molecule has 8 heteroatoms. The molecule has 1 fully saturated rings. The van der Waals surface area contributed by atoms with Crippen molar-refractivity contribution in [3.63, 3.8) is 0 Å². The van der Waals surface area contributed by atoms with Crippen LogP contribution in [0.15, 0.2) is 9.80 Å². The van der Waals surface area contributed by atoms with E-state index in [9.17, 15) is 0 Å². The zero-order valence-electron chi connectivity index (χ0n) is 11.2. The number of nitrogens with one attached hydrogen (secondary N) is 1. The number of nitrogens with zero attached hydrogens (tertiary/aromatic N) is 3. The molecule has 7 nitrogen and oxygen atoms in total. The Bertz CT molecular complexity index is 550. The molecular formula is C12H16N4O3S. The quantitative estimate of drug-likeness (QED) is 0.873. The fourth-order valence-electron chi connectivity index (χ4n) is 1.90. The van der Waals surface area contributed by atoms with Gasteiger partial charge in [-0.05, 0) is 6.92 Å². The lowest BCUT2D eigenvalue weighted by atomic mass is 10.3. The first-order valence-corrected chi connectivity index (χ1v) is 7.36. The van der Waals surface area contributed by atoms with Crippen molar-refractivity contribution < 1.29 is 13.9 Å². The lowest BCUT2D eigenvalue weighted by Gasteiger charge is -2.22. The van der Waals surface area contributed by atoms with E-state index in [0.717, 1.165) is 23.8 Å². The first-order valence-electron chi connectivity index (χ1n) is 6.48. The molecule has 1 atom stereocenters. The van der Waals surface area contributed by atoms with Gasteiger partial charge in [-0.1, -0.05) is 5.10 Å². The van der Waals surface area contributed by atoms with E-state index >= 15 is 0 Å². The Morgan fingerprint density at radius 1 is 1.50 bits per heavy atom. The van der Waals surface area contributed by atoms with Crippen LogP contribution in [0.5, 0.6) is 6.08 Å². The number of aryl methyl sites for hydroxylation is 1. The van der Waals surface area contributed by atoms with Crippen LogP contribution in [0.1, 0.15) is 16.6 Å². The van der Waals surface area contributed by atoms with Gasteiger partial charge in [-0.25, -0.2) is 4.98 Å². The van der Waals surface area contributed by atoms with E-state index in [-0.39, 0.29) is 12.2 Å². The van der Waals surface area contributed by atoms with Crippen molar-refractivity contribution in [1.82, 2.24) is 20.5 Å². The van der Waals surface area contributed by atoms with Crippen molar-refractivity contribution in [2.45, 2.75) is 19.4 Å². The third-order valence-corrected chi connectivity index (χ3v) is 3.67. The zero-order valence-corrected chi connectivity index (χ0v) is 12.0. The molecule has 0 bridgehead atoms. The van der Waals surface area contributed by atoms with E-state index in [4.69, 9.17) is 13.9 Å². The minimum absolute atomic E-state index is 0.0280. The number of thiazole rings is 1. The van der Waals surface area contributed by atoms with Crippen LogP contribution in [-0.4, -0.2) is 47.6 Å². The highest BCUT2D eigenvalue weighted by atomic mass is 32.1. The van der Waals surface area contributed by atoms with Crippen molar-refractivity contribution in [3.05, 3.63) is 22.0 Å². The summed E-state index contributed by atoms with van der Waals surface area (Å²) in [6.45, 7) is 4.73. The van der Waals surface area contributed by atoms with Crippen molar-refractivity contribution in [2.75, 3.05) is 26.3 Å². The molecule has 0 spiro atoms. The highest BCUT2D eigenvalue weighted by molar-refractivity contribution is 7.09. The summed E-state index contributed by atoms with van der Waals surface area (Å²) in [7, 11) is 0. The van der Waals surface area contributed by atoms with Crippen molar-refractivity contribution in [1.29, 1.82) is 0 Å². The number of ether oxygens (including phenoxy) is 2. The van der Waals surface area contributed by atoms with E-state index in [2.05, 4.69) is 20.5 Å². The van der Waals surface area contributed by atoms with Gasteiger partial charge in [0.2, 0.25) is 5.89 Å². The van der Waals surface area contributed by atoms with Crippen LogP contribution < -0.4 is 10.1 Å². The molecule has 0 unspecified atom stereocenters. The molecule has 2 aromatic rings. The van der Waals surface area contributed by atoms with Crippen LogP contribution in [0.4, 0.5) is 0 Å². The average molecular weight is 296 g/mol. The van der Waals surface area contributed by atoms with Crippen LogP contribution in [0.25, 0.3) is 0 Å². The van der Waals surface area contributed by atoms with Crippen LogP contribution in [0.3, 0.4) is 0 Å². The molecule has 0 aromatic carbocycles. The Morgan fingerprint density at radius 2 is 2.45 bits per heavy atom. The minimum Gasteiger partial charge on any atom is -0.446 e. The predicted octanol–water partition coefficient (Wildman–Crippen LogP) is 0.793. The molecule has 1 N–H and O–H groups in total. The van der Waals surface area contributed by atoms with Gasteiger partial charge in [0.15, 0.2) is 0 Å². The smallest absolute Gasteiger partial charge is 0.414 e. The van der Waals surface area contributed by atoms with Gasteiger partial charge in [-0.2, -0.15) is 0 Å². The first-order chi connectivity index (χ1) is 9.79. The van der Waals surface area contributed by atoms with Crippen molar-refractivity contribution in [3.8, 4) is 6.08 Å². The molecule has 20 heavy (non-hydrogen) atoms. The molecule has 0 aliphatic carbocycles. The van der Waals surface area contributed by atoms with Crippen LogP contribution in [-0.2, 0) is 11.2 Å². The van der Waals surface area contributed by atoms with Crippen molar-refractivity contribution >= 4 is 11.3 Å². The van der Waals surface area contributed by atoms with Gasteiger partial charge in [-0.15, -0.1) is 16.4 Å². The van der Waals surface area contributed by atoms with Gasteiger partial charge in [0.25, 0.3) is 0 Å². The molecule has 2 aromatic heterocycles. The van der Waals surface area contributed by atoms with Crippen LogP contribution in [0, 0.1) is 6.92 Å². The Morgan fingerprint density at radius 3 is 3.20 bits per heavy atom. The molecule has 1 saturated heterocycles. The first kappa shape index (κ1) is 13.5. The largest absolute Gasteiger partial charge is 0.446 e. The highest BCUT2D eigenvalue weighted by Gasteiger charge is 2.16. The summed E-state index contributed by atoms with van der Waals surface area (Å²) in [6, 6.07) is 0. The average Bonchev–Trinajstić information content (AvgIpc) is 3.08. The maximum Gasteiger partial charge on any atom is 0.414 e. The number of morpholine rings is 1. The van der Waals surface area contributed by atoms with Gasteiger partial charge in [0.05, 0.1) is 23.7 Å². The Hall–Kier alpha value is -1.51. The zero-order chi connectivity index (χ0) is 13.8. The molecule has 3 rings (SSSR count). The summed E-state index contributed by atoms with van der Waals surface area (Å²) < 4.78 is 16.4. The van der Waals surface area contributed by atoms with E-state index < -0.39 is 0 Å². The van der Waals surface area contributed by atoms with E-state index in [1.165, 1.54) is 0 Å². The summed E-state index contributed by atoms with van der Waals surface area (Å²) in [4.78, 5) is 4.36. The fraction of sp³-hybridized carbons (Fsp3) is 0.583. The van der Waals surface area contributed by atoms with Crippen molar-refractivity contribution in [2.24, 2.45) is 0 Å². The summed E-state index contributed by atoms with van der Waals surface area (Å²) in [5.41, 5.74) is 0.933.